The van der Waals surface area contributed by atoms with E-state index in [0.29, 0.717) is 17.0 Å². The van der Waals surface area contributed by atoms with E-state index in [1.807, 2.05) is 6.07 Å². The molecule has 1 heterocycles. The van der Waals surface area contributed by atoms with Gasteiger partial charge in [-0.05, 0) is 18.9 Å². The fourth-order valence-corrected chi connectivity index (χ4v) is 3.25. The summed E-state index contributed by atoms with van der Waals surface area (Å²) in [5.74, 6) is 1.07. The third-order valence-corrected chi connectivity index (χ3v) is 4.36. The minimum absolute atomic E-state index is 0.278. The van der Waals surface area contributed by atoms with E-state index in [2.05, 4.69) is 5.16 Å². The SMILES string of the molecule is Nc1noc(C2CCCCCCC2)c1-c1ccccc1F. The zero-order valence-corrected chi connectivity index (χ0v) is 12.1. The van der Waals surface area contributed by atoms with Crippen LogP contribution < -0.4 is 5.73 Å². The maximum Gasteiger partial charge on any atom is 0.175 e. The Hall–Kier alpha value is -1.84. The van der Waals surface area contributed by atoms with Crippen LogP contribution in [0.25, 0.3) is 11.1 Å². The quantitative estimate of drug-likeness (QED) is 0.855. The smallest absolute Gasteiger partial charge is 0.175 e. The number of aromatic nitrogens is 1. The first kappa shape index (κ1) is 14.1. The number of nitrogen functional groups attached to an aromatic ring is 1. The third kappa shape index (κ3) is 2.94. The van der Waals surface area contributed by atoms with E-state index in [1.54, 1.807) is 12.1 Å². The van der Waals surface area contributed by atoms with Gasteiger partial charge in [-0.25, -0.2) is 4.39 Å². The van der Waals surface area contributed by atoms with Crippen molar-refractivity contribution in [3.05, 3.63) is 35.8 Å². The molecule has 0 saturated heterocycles. The Kier molecular flexibility index (Phi) is 4.23. The van der Waals surface area contributed by atoms with E-state index in [1.165, 1.54) is 38.2 Å². The summed E-state index contributed by atoms with van der Waals surface area (Å²) in [5.41, 5.74) is 7.09. The van der Waals surface area contributed by atoms with Crippen LogP contribution in [0.15, 0.2) is 28.8 Å². The van der Waals surface area contributed by atoms with Gasteiger partial charge in [-0.15, -0.1) is 0 Å². The number of nitrogens with two attached hydrogens (primary N) is 1. The van der Waals surface area contributed by atoms with E-state index in [0.717, 1.165) is 18.6 Å². The number of halogens is 1. The average Bonchev–Trinajstić information content (AvgIpc) is 2.81. The van der Waals surface area contributed by atoms with Crippen LogP contribution in [0, 0.1) is 5.82 Å². The summed E-state index contributed by atoms with van der Waals surface area (Å²) in [6, 6.07) is 6.68. The van der Waals surface area contributed by atoms with Gasteiger partial charge in [0.1, 0.15) is 11.6 Å². The van der Waals surface area contributed by atoms with E-state index in [9.17, 15) is 4.39 Å². The van der Waals surface area contributed by atoms with Crippen molar-refractivity contribution in [1.82, 2.24) is 5.16 Å². The van der Waals surface area contributed by atoms with Crippen LogP contribution in [0.3, 0.4) is 0 Å². The predicted molar refractivity (Wildman–Crippen MR) is 81.4 cm³/mol. The highest BCUT2D eigenvalue weighted by Gasteiger charge is 2.26. The minimum atomic E-state index is -0.278. The van der Waals surface area contributed by atoms with E-state index in [-0.39, 0.29) is 11.6 Å². The summed E-state index contributed by atoms with van der Waals surface area (Å²) in [7, 11) is 0. The van der Waals surface area contributed by atoms with Gasteiger partial charge in [0, 0.05) is 11.5 Å². The van der Waals surface area contributed by atoms with Crippen molar-refractivity contribution in [2.24, 2.45) is 0 Å². The molecule has 0 unspecified atom stereocenters. The lowest BCUT2D eigenvalue weighted by atomic mass is 9.86. The Balaban J connectivity index is 1.98. The topological polar surface area (TPSA) is 52.0 Å². The monoisotopic (exact) mass is 288 g/mol. The molecule has 1 aromatic heterocycles. The van der Waals surface area contributed by atoms with Crippen molar-refractivity contribution in [3.63, 3.8) is 0 Å². The third-order valence-electron chi connectivity index (χ3n) is 4.36. The van der Waals surface area contributed by atoms with Gasteiger partial charge in [-0.1, -0.05) is 55.5 Å². The van der Waals surface area contributed by atoms with Crippen LogP contribution in [0.5, 0.6) is 0 Å². The molecule has 1 saturated carbocycles. The van der Waals surface area contributed by atoms with Gasteiger partial charge in [0.15, 0.2) is 5.82 Å². The molecule has 4 heteroatoms. The van der Waals surface area contributed by atoms with Gasteiger partial charge in [-0.3, -0.25) is 0 Å². The second-order valence-corrected chi connectivity index (χ2v) is 5.83. The molecular weight excluding hydrogens is 267 g/mol. The fraction of sp³-hybridized carbons (Fsp3) is 0.471. The van der Waals surface area contributed by atoms with Gasteiger partial charge in [0.05, 0.1) is 5.56 Å². The van der Waals surface area contributed by atoms with Crippen molar-refractivity contribution in [1.29, 1.82) is 0 Å². The van der Waals surface area contributed by atoms with Crippen molar-refractivity contribution in [3.8, 4) is 11.1 Å². The standard InChI is InChI=1S/C17H21FN2O/c18-14-11-7-6-10-13(14)15-16(21-20-17(15)19)12-8-4-2-1-3-5-9-12/h6-7,10-12H,1-5,8-9H2,(H2,19,20). The molecule has 0 amide bonds. The summed E-state index contributed by atoms with van der Waals surface area (Å²) in [4.78, 5) is 0. The number of rotatable bonds is 2. The largest absolute Gasteiger partial charge is 0.380 e. The lowest BCUT2D eigenvalue weighted by Crippen LogP contribution is -2.03. The van der Waals surface area contributed by atoms with Gasteiger partial charge in [0.25, 0.3) is 0 Å². The molecule has 1 aliphatic carbocycles. The van der Waals surface area contributed by atoms with Crippen LogP contribution in [-0.4, -0.2) is 5.16 Å². The Bertz CT molecular complexity index is 601. The highest BCUT2D eigenvalue weighted by Crippen LogP contribution is 2.40. The normalized spacial score (nSPS) is 17.4. The second kappa shape index (κ2) is 6.29. The second-order valence-electron chi connectivity index (χ2n) is 5.83. The van der Waals surface area contributed by atoms with Gasteiger partial charge in [0.2, 0.25) is 0 Å². The lowest BCUT2D eigenvalue weighted by Gasteiger charge is -2.18. The lowest BCUT2D eigenvalue weighted by molar-refractivity contribution is 0.332. The van der Waals surface area contributed by atoms with E-state index in [4.69, 9.17) is 10.3 Å². The molecule has 2 aromatic rings. The molecule has 3 nitrogen and oxygen atoms in total. The maximum absolute atomic E-state index is 14.1. The fourth-order valence-electron chi connectivity index (χ4n) is 3.25. The molecule has 21 heavy (non-hydrogen) atoms. The Morgan fingerprint density at radius 2 is 1.71 bits per heavy atom. The summed E-state index contributed by atoms with van der Waals surface area (Å²) >= 11 is 0. The molecule has 1 fully saturated rings. The summed E-state index contributed by atoms with van der Waals surface area (Å²) in [6.45, 7) is 0. The summed E-state index contributed by atoms with van der Waals surface area (Å²) < 4.78 is 19.6. The zero-order chi connectivity index (χ0) is 14.7. The van der Waals surface area contributed by atoms with Crippen molar-refractivity contribution < 1.29 is 8.91 Å². The molecule has 0 bridgehead atoms. The predicted octanol–water partition coefficient (Wildman–Crippen LogP) is 4.89. The molecule has 0 atom stereocenters. The molecule has 3 rings (SSSR count). The summed E-state index contributed by atoms with van der Waals surface area (Å²) in [5, 5.41) is 3.90. The van der Waals surface area contributed by atoms with Crippen LogP contribution in [0.1, 0.15) is 56.6 Å². The van der Waals surface area contributed by atoms with Crippen LogP contribution in [-0.2, 0) is 0 Å². The molecule has 0 radical (unpaired) electrons. The molecule has 1 aromatic carbocycles. The average molecular weight is 288 g/mol. The van der Waals surface area contributed by atoms with E-state index < -0.39 is 0 Å². The Morgan fingerprint density at radius 3 is 2.43 bits per heavy atom. The number of hydrogen-bond donors (Lipinski definition) is 1. The first-order valence-corrected chi connectivity index (χ1v) is 7.77. The first-order chi connectivity index (χ1) is 10.3. The highest BCUT2D eigenvalue weighted by atomic mass is 19.1. The summed E-state index contributed by atoms with van der Waals surface area (Å²) in [6.07, 6.45) is 8.33. The zero-order valence-electron chi connectivity index (χ0n) is 12.1. The van der Waals surface area contributed by atoms with Crippen molar-refractivity contribution in [2.75, 3.05) is 5.73 Å². The first-order valence-electron chi connectivity index (χ1n) is 7.77. The molecule has 0 spiro atoms. The molecule has 2 N–H and O–H groups in total. The number of benzene rings is 1. The highest BCUT2D eigenvalue weighted by molar-refractivity contribution is 5.76. The number of nitrogens with zero attached hydrogens (tertiary/aromatic N) is 1. The van der Waals surface area contributed by atoms with E-state index >= 15 is 0 Å². The van der Waals surface area contributed by atoms with Gasteiger partial charge >= 0.3 is 0 Å². The Labute approximate surface area is 124 Å². The van der Waals surface area contributed by atoms with Crippen LogP contribution >= 0.6 is 0 Å². The van der Waals surface area contributed by atoms with Crippen molar-refractivity contribution >= 4 is 5.82 Å². The molecule has 1 aliphatic rings. The number of hydrogen-bond acceptors (Lipinski definition) is 3. The van der Waals surface area contributed by atoms with Crippen LogP contribution in [0.4, 0.5) is 10.2 Å². The van der Waals surface area contributed by atoms with Crippen LogP contribution in [0.2, 0.25) is 0 Å². The van der Waals surface area contributed by atoms with Gasteiger partial charge < -0.3 is 10.3 Å². The minimum Gasteiger partial charge on any atom is -0.380 e. The number of anilines is 1. The maximum atomic E-state index is 14.1. The molecule has 112 valence electrons. The Morgan fingerprint density at radius 1 is 1.05 bits per heavy atom. The van der Waals surface area contributed by atoms with Crippen molar-refractivity contribution in [2.45, 2.75) is 50.9 Å². The molecular formula is C17H21FN2O. The molecule has 0 aliphatic heterocycles. The van der Waals surface area contributed by atoms with Gasteiger partial charge in [-0.2, -0.15) is 0 Å².